The molecule has 15 heteroatoms. The maximum atomic E-state index is 14.3. The number of anilines is 2. The number of aromatic hydroxyl groups is 1. The first-order valence-electron chi connectivity index (χ1n) is 19.4. The Kier molecular flexibility index (Phi) is 8.65. The molecular formula is C42H42N6O7S2. The minimum Gasteiger partial charge on any atom is -0.507 e. The molecule has 0 aliphatic carbocycles. The molecule has 294 valence electrons. The van der Waals surface area contributed by atoms with E-state index in [2.05, 4.69) is 28.2 Å². The van der Waals surface area contributed by atoms with Crippen LogP contribution in [-0.2, 0) is 33.0 Å². The number of allylic oxidation sites excluding steroid dienone is 1. The number of esters is 1. The van der Waals surface area contributed by atoms with E-state index in [4.69, 9.17) is 40.1 Å². The summed E-state index contributed by atoms with van der Waals surface area (Å²) in [5, 5.41) is 11.8. The molecular weight excluding hydrogens is 765 g/mol. The van der Waals surface area contributed by atoms with E-state index in [1.54, 1.807) is 34.6 Å². The van der Waals surface area contributed by atoms with Gasteiger partial charge in [-0.3, -0.25) is 9.79 Å². The second kappa shape index (κ2) is 13.6. The van der Waals surface area contributed by atoms with Crippen LogP contribution in [0.1, 0.15) is 73.1 Å². The molecule has 5 atom stereocenters. The van der Waals surface area contributed by atoms with Gasteiger partial charge in [0.2, 0.25) is 0 Å². The van der Waals surface area contributed by atoms with Crippen molar-refractivity contribution in [1.29, 1.82) is 0 Å². The summed E-state index contributed by atoms with van der Waals surface area (Å²) in [6.07, 6.45) is 8.26. The maximum Gasteiger partial charge on any atom is 0.341 e. The smallest absolute Gasteiger partial charge is 0.341 e. The number of aromatic nitrogens is 2. The van der Waals surface area contributed by atoms with E-state index in [1.165, 1.54) is 6.07 Å². The summed E-state index contributed by atoms with van der Waals surface area (Å²) in [4.78, 5) is 43.7. The molecule has 0 radical (unpaired) electrons. The Hall–Kier alpha value is -4.99. The highest BCUT2D eigenvalue weighted by Gasteiger charge is 2.65. The molecule has 2 fully saturated rings. The highest BCUT2D eigenvalue weighted by molar-refractivity contribution is 8.76. The first-order chi connectivity index (χ1) is 27.5. The molecule has 57 heavy (non-hydrogen) atoms. The predicted molar refractivity (Wildman–Crippen MR) is 220 cm³/mol. The Morgan fingerprint density at radius 3 is 2.81 bits per heavy atom. The number of nitrogen functional groups attached to an aromatic ring is 2. The van der Waals surface area contributed by atoms with Crippen LogP contribution in [0.4, 0.5) is 11.6 Å². The lowest BCUT2D eigenvalue weighted by Gasteiger charge is -2.47. The van der Waals surface area contributed by atoms with E-state index in [1.807, 2.05) is 25.3 Å². The molecule has 0 unspecified atom stereocenters. The largest absolute Gasteiger partial charge is 0.507 e. The first kappa shape index (κ1) is 36.4. The van der Waals surface area contributed by atoms with E-state index in [0.29, 0.717) is 91.8 Å². The molecule has 0 saturated carbocycles. The Labute approximate surface area is 336 Å². The van der Waals surface area contributed by atoms with Crippen LogP contribution in [0.15, 0.2) is 68.6 Å². The van der Waals surface area contributed by atoms with Gasteiger partial charge in [-0.05, 0) is 75.8 Å². The summed E-state index contributed by atoms with van der Waals surface area (Å²) in [6.45, 7) is 4.92. The fourth-order valence-electron chi connectivity index (χ4n) is 9.33. The fraction of sp³-hybridized carbons (Fsp3) is 0.405. The standard InChI is InChI=1S/C42H42N6O7S2/c1-21-12-30(49)36-31(52-21)16-32-35(37(36)50)25-4-3-8-42-33(55-42)6-5-22-13-28(47-34(43)14-22)26-15-24(18-48-17-23-7-10-45-29(23)19-48)46-39(44)27(26)20-57-56-11-9-41(2,54-32)38(25)53-40(42)51/h7,10,12-17,25,33,38,50H,3-6,8-9,11,18-20H2,1-2H3,(H2,43,47)(H2,44,46)/t25-,33+,38+,41-,42-/m0/s1. The van der Waals surface area contributed by atoms with Crippen LogP contribution < -0.4 is 21.6 Å². The zero-order valence-corrected chi connectivity index (χ0v) is 33.2. The van der Waals surface area contributed by atoms with Gasteiger partial charge in [-0.2, -0.15) is 0 Å². The van der Waals surface area contributed by atoms with E-state index in [0.717, 1.165) is 39.4 Å². The number of pyridine rings is 2. The molecule has 0 amide bonds. The molecule has 5 N–H and O–H groups in total. The Balaban J connectivity index is 1.01. The minimum absolute atomic E-state index is 0.0956. The van der Waals surface area contributed by atoms with Crippen molar-refractivity contribution in [2.45, 2.75) is 94.0 Å². The molecule has 13 nitrogen and oxygen atoms in total. The van der Waals surface area contributed by atoms with E-state index in [9.17, 15) is 14.7 Å². The number of hydrogen-bond donors (Lipinski definition) is 3. The summed E-state index contributed by atoms with van der Waals surface area (Å²) in [5.41, 5.74) is 18.0. The monoisotopic (exact) mass is 806 g/mol. The van der Waals surface area contributed by atoms with Crippen LogP contribution in [0, 0.1) is 6.92 Å². The Morgan fingerprint density at radius 1 is 1.07 bits per heavy atom. The first-order valence-corrected chi connectivity index (χ1v) is 21.8. The molecule has 6 aliphatic heterocycles. The van der Waals surface area contributed by atoms with Crippen molar-refractivity contribution in [3.8, 4) is 22.8 Å². The third kappa shape index (κ3) is 6.25. The molecule has 1 aromatic carbocycles. The van der Waals surface area contributed by atoms with Gasteiger partial charge < -0.3 is 40.1 Å². The second-order valence-corrected chi connectivity index (χ2v) is 18.6. The third-order valence-electron chi connectivity index (χ3n) is 12.2. The average molecular weight is 807 g/mol. The summed E-state index contributed by atoms with van der Waals surface area (Å²) in [6, 6.07) is 9.06. The van der Waals surface area contributed by atoms with E-state index < -0.39 is 29.2 Å². The number of aliphatic imine (C=N–C) groups is 1. The molecule has 4 bridgehead atoms. The number of epoxide rings is 1. The second-order valence-electron chi connectivity index (χ2n) is 16.0. The summed E-state index contributed by atoms with van der Waals surface area (Å²) in [7, 11) is 3.31. The average Bonchev–Trinajstić information content (AvgIpc) is 3.47. The number of phenols is 1. The number of benzene rings is 1. The number of aryl methyl sites for hydroxylation is 2. The Bertz CT molecular complexity index is 2540. The zero-order chi connectivity index (χ0) is 39.2. The highest BCUT2D eigenvalue weighted by atomic mass is 33.1. The number of rotatable bonds is 2. The number of carbonyl (C=O) groups excluding carboxylic acids is 1. The van der Waals surface area contributed by atoms with Crippen molar-refractivity contribution in [2.24, 2.45) is 4.99 Å². The molecule has 6 aliphatic rings. The van der Waals surface area contributed by atoms with Gasteiger partial charge in [-0.25, -0.2) is 14.8 Å². The summed E-state index contributed by atoms with van der Waals surface area (Å²) in [5.74, 6) is 1.87. The fourth-order valence-corrected chi connectivity index (χ4v) is 11.6. The van der Waals surface area contributed by atoms with Crippen LogP contribution in [-0.4, -0.2) is 67.4 Å². The van der Waals surface area contributed by atoms with E-state index >= 15 is 0 Å². The van der Waals surface area contributed by atoms with Gasteiger partial charge in [-0.15, -0.1) is 0 Å². The predicted octanol–water partition coefficient (Wildman–Crippen LogP) is 6.48. The Morgan fingerprint density at radius 2 is 1.95 bits per heavy atom. The van der Waals surface area contributed by atoms with E-state index in [-0.39, 0.29) is 28.3 Å². The number of nitrogens with two attached hydrogens (primary N) is 2. The number of nitrogens with zero attached hydrogens (tertiary/aromatic N) is 4. The van der Waals surface area contributed by atoms with Gasteiger partial charge in [-0.1, -0.05) is 21.6 Å². The van der Waals surface area contributed by atoms with Crippen LogP contribution in [0.25, 0.3) is 22.2 Å². The highest BCUT2D eigenvalue weighted by Crippen LogP contribution is 2.55. The van der Waals surface area contributed by atoms with Crippen molar-refractivity contribution in [3.63, 3.8) is 0 Å². The van der Waals surface area contributed by atoms with Crippen LogP contribution >= 0.6 is 21.6 Å². The van der Waals surface area contributed by atoms with Gasteiger partial charge in [0, 0.05) is 70.6 Å². The van der Waals surface area contributed by atoms with Crippen molar-refractivity contribution >= 4 is 55.9 Å². The van der Waals surface area contributed by atoms with Gasteiger partial charge >= 0.3 is 5.97 Å². The lowest BCUT2D eigenvalue weighted by Crippen LogP contribution is -2.55. The molecule has 2 saturated heterocycles. The molecule has 3 aromatic heterocycles. The number of hydrogen-bond acceptors (Lipinski definition) is 15. The molecule has 9 heterocycles. The van der Waals surface area contributed by atoms with Crippen LogP contribution in [0.5, 0.6) is 11.5 Å². The molecule has 1 spiro atoms. The van der Waals surface area contributed by atoms with Crippen molar-refractivity contribution < 1.29 is 28.5 Å². The summed E-state index contributed by atoms with van der Waals surface area (Å²) < 4.78 is 25.5. The van der Waals surface area contributed by atoms with Crippen LogP contribution in [0.2, 0.25) is 0 Å². The van der Waals surface area contributed by atoms with Crippen LogP contribution in [0.3, 0.4) is 0 Å². The third-order valence-corrected chi connectivity index (χ3v) is 14.5. The zero-order valence-electron chi connectivity index (χ0n) is 31.6. The van der Waals surface area contributed by atoms with Gasteiger partial charge in [0.05, 0.1) is 36.3 Å². The number of fused-ring (bicyclic) bond motifs is 9. The SMILES string of the molecule is Cc1cc(=O)c2c(O)c3c(cc2o1)O[C@@]1(C)CCSSCc2c(cc(CN4C=C5C=CN=C5C4)nc2N)-c2cc(cc(N)n2)CC[C@H]2O[C@@]24CCC[C@@H]3[C@H]1OC4=O. The van der Waals surface area contributed by atoms with Crippen molar-refractivity contribution in [3.05, 3.63) is 92.7 Å². The number of ether oxygens (including phenoxy) is 3. The number of carbonyl (C=O) groups is 1. The topological polar surface area (TPSA) is 192 Å². The van der Waals surface area contributed by atoms with Gasteiger partial charge in [0.1, 0.15) is 51.6 Å². The minimum atomic E-state index is -1.07. The maximum absolute atomic E-state index is 14.3. The number of phenolic OH excluding ortho intramolecular Hbond substituents is 1. The normalized spacial score (nSPS) is 27.7. The quantitative estimate of drug-likeness (QED) is 0.113. The summed E-state index contributed by atoms with van der Waals surface area (Å²) >= 11 is 0. The lowest BCUT2D eigenvalue weighted by molar-refractivity contribution is -0.175. The van der Waals surface area contributed by atoms with Crippen molar-refractivity contribution in [2.75, 3.05) is 23.8 Å². The van der Waals surface area contributed by atoms with Gasteiger partial charge in [0.15, 0.2) is 11.0 Å². The lowest BCUT2D eigenvalue weighted by atomic mass is 9.74. The van der Waals surface area contributed by atoms with Crippen molar-refractivity contribution in [1.82, 2.24) is 14.9 Å². The molecule has 10 rings (SSSR count). The molecule has 4 aromatic rings. The van der Waals surface area contributed by atoms with Gasteiger partial charge in [0.25, 0.3) is 0 Å².